The summed E-state index contributed by atoms with van der Waals surface area (Å²) in [5.41, 5.74) is 7.98. The Morgan fingerprint density at radius 2 is 1.68 bits per heavy atom. The van der Waals surface area contributed by atoms with Crippen LogP contribution in [0.4, 0.5) is 5.69 Å². The van der Waals surface area contributed by atoms with Crippen LogP contribution in [0.1, 0.15) is 12.0 Å². The predicted octanol–water partition coefficient (Wildman–Crippen LogP) is 1.19. The van der Waals surface area contributed by atoms with Gasteiger partial charge in [-0.05, 0) is 36.6 Å². The van der Waals surface area contributed by atoms with Crippen LogP contribution in [0.15, 0.2) is 57.7 Å². The molecule has 1 aliphatic heterocycles. The minimum absolute atomic E-state index is 0.145. The highest BCUT2D eigenvalue weighted by molar-refractivity contribution is 5.85. The van der Waals surface area contributed by atoms with Crippen LogP contribution in [0, 0.1) is 0 Å². The Kier molecular flexibility index (Phi) is 4.84. The summed E-state index contributed by atoms with van der Waals surface area (Å²) in [5, 5.41) is 0. The van der Waals surface area contributed by atoms with E-state index in [1.54, 1.807) is 24.3 Å². The molecule has 2 heterocycles. The number of carbonyl (C=O) groups is 2. The van der Waals surface area contributed by atoms with E-state index in [1.807, 2.05) is 23.1 Å². The van der Waals surface area contributed by atoms with Crippen molar-refractivity contribution in [2.45, 2.75) is 19.4 Å². The number of anilines is 1. The number of amides is 2. The van der Waals surface area contributed by atoms with E-state index in [0.29, 0.717) is 11.1 Å². The molecule has 3 aromatic rings. The number of rotatable bonds is 4. The lowest BCUT2D eigenvalue weighted by atomic mass is 10.0. The first kappa shape index (κ1) is 17.8. The van der Waals surface area contributed by atoms with Gasteiger partial charge in [0.15, 0.2) is 5.58 Å². The summed E-state index contributed by atoms with van der Waals surface area (Å²) < 4.78 is 6.31. The van der Waals surface area contributed by atoms with Crippen molar-refractivity contribution in [2.75, 3.05) is 18.0 Å². The van der Waals surface area contributed by atoms with Gasteiger partial charge in [-0.1, -0.05) is 30.3 Å². The van der Waals surface area contributed by atoms with Gasteiger partial charge in [0, 0.05) is 12.2 Å². The van der Waals surface area contributed by atoms with E-state index in [0.717, 1.165) is 25.1 Å². The number of aromatic nitrogens is 1. The van der Waals surface area contributed by atoms with Crippen molar-refractivity contribution in [2.24, 2.45) is 0 Å². The first-order chi connectivity index (χ1) is 13.6. The second-order valence-electron chi connectivity index (χ2n) is 6.67. The maximum absolute atomic E-state index is 12.3. The van der Waals surface area contributed by atoms with Crippen molar-refractivity contribution in [3.8, 4) is 0 Å². The molecule has 8 nitrogen and oxygen atoms in total. The number of carbonyl (C=O) groups excluding carboxylic acids is 2. The first-order valence-electron chi connectivity index (χ1n) is 9.11. The molecule has 0 bridgehead atoms. The monoisotopic (exact) mass is 380 g/mol. The van der Waals surface area contributed by atoms with Crippen molar-refractivity contribution >= 4 is 28.6 Å². The van der Waals surface area contributed by atoms with Gasteiger partial charge in [-0.15, -0.1) is 0 Å². The molecular weight excluding hydrogens is 360 g/mol. The summed E-state index contributed by atoms with van der Waals surface area (Å²) in [7, 11) is 0. The molecule has 0 spiro atoms. The molecule has 0 radical (unpaired) electrons. The van der Waals surface area contributed by atoms with Crippen molar-refractivity contribution in [3.63, 3.8) is 0 Å². The molecule has 0 unspecified atom stereocenters. The maximum atomic E-state index is 12.3. The highest BCUT2D eigenvalue weighted by Gasteiger charge is 2.19. The average Bonchev–Trinajstić information content (AvgIpc) is 3.02. The summed E-state index contributed by atoms with van der Waals surface area (Å²) in [6.45, 7) is 0.684. The Hall–Kier alpha value is -3.55. The highest BCUT2D eigenvalue weighted by atomic mass is 16.4. The Morgan fingerprint density at radius 1 is 0.964 bits per heavy atom. The van der Waals surface area contributed by atoms with Gasteiger partial charge in [0.05, 0.1) is 12.1 Å². The van der Waals surface area contributed by atoms with Gasteiger partial charge in [0.2, 0.25) is 0 Å². The van der Waals surface area contributed by atoms with Crippen molar-refractivity contribution in [1.82, 2.24) is 15.4 Å². The third-order valence-electron chi connectivity index (χ3n) is 4.76. The molecule has 2 aromatic carbocycles. The second kappa shape index (κ2) is 7.59. The molecule has 1 aliphatic rings. The van der Waals surface area contributed by atoms with Crippen LogP contribution in [-0.2, 0) is 22.6 Å². The third kappa shape index (κ3) is 3.62. The largest absolute Gasteiger partial charge is 0.420 e. The van der Waals surface area contributed by atoms with Crippen molar-refractivity contribution in [3.05, 3.63) is 64.6 Å². The fraction of sp³-hybridized carbons (Fsp3) is 0.250. The van der Waals surface area contributed by atoms with Crippen LogP contribution >= 0.6 is 0 Å². The van der Waals surface area contributed by atoms with Gasteiger partial charge in [0.25, 0.3) is 11.8 Å². The van der Waals surface area contributed by atoms with Crippen molar-refractivity contribution in [1.29, 1.82) is 0 Å². The first-order valence-corrected chi connectivity index (χ1v) is 9.11. The van der Waals surface area contributed by atoms with Gasteiger partial charge in [-0.2, -0.15) is 0 Å². The minimum atomic E-state index is -0.618. The lowest BCUT2D eigenvalue weighted by molar-refractivity contribution is -0.128. The fourth-order valence-electron chi connectivity index (χ4n) is 3.47. The molecular formula is C20H20N4O4. The number of aryl methyl sites for hydroxylation is 1. The molecule has 2 N–H and O–H groups in total. The number of fused-ring (bicyclic) bond motifs is 2. The van der Waals surface area contributed by atoms with E-state index in [2.05, 4.69) is 16.9 Å². The fourth-order valence-corrected chi connectivity index (χ4v) is 3.47. The van der Waals surface area contributed by atoms with Crippen LogP contribution in [0.2, 0.25) is 0 Å². The minimum Gasteiger partial charge on any atom is -0.408 e. The molecule has 0 saturated heterocycles. The summed E-state index contributed by atoms with van der Waals surface area (Å²) in [4.78, 5) is 38.3. The molecule has 0 saturated carbocycles. The van der Waals surface area contributed by atoms with Crippen LogP contribution in [-0.4, -0.2) is 29.5 Å². The second-order valence-corrected chi connectivity index (χ2v) is 6.67. The predicted molar refractivity (Wildman–Crippen MR) is 104 cm³/mol. The van der Waals surface area contributed by atoms with Crippen LogP contribution in [0.5, 0.6) is 0 Å². The van der Waals surface area contributed by atoms with E-state index in [9.17, 15) is 14.4 Å². The smallest absolute Gasteiger partial charge is 0.408 e. The summed E-state index contributed by atoms with van der Waals surface area (Å²) >= 11 is 0. The van der Waals surface area contributed by atoms with Gasteiger partial charge < -0.3 is 9.32 Å². The topological polar surface area (TPSA) is 96.6 Å². The standard InChI is InChI=1S/C20H20N4O4/c25-18(12-23-11-5-7-14-6-1-2-8-15(14)23)21-22-19(26)13-24-16-9-3-4-10-17(16)28-20(24)27/h1-4,6,8-10H,5,7,11-13H2,(H,21,25)(H,22,26). The molecule has 8 heteroatoms. The number of para-hydroxylation sites is 3. The lowest BCUT2D eigenvalue weighted by Gasteiger charge is -2.30. The van der Waals surface area contributed by atoms with E-state index < -0.39 is 11.7 Å². The van der Waals surface area contributed by atoms with Crippen LogP contribution in [0.25, 0.3) is 11.1 Å². The average molecular weight is 380 g/mol. The summed E-state index contributed by atoms with van der Waals surface area (Å²) in [6.07, 6.45) is 1.98. The zero-order chi connectivity index (χ0) is 19.5. The highest BCUT2D eigenvalue weighted by Crippen LogP contribution is 2.26. The van der Waals surface area contributed by atoms with Gasteiger partial charge in [0.1, 0.15) is 6.54 Å². The number of nitrogens with one attached hydrogen (secondary N) is 2. The van der Waals surface area contributed by atoms with Gasteiger partial charge in [-0.25, -0.2) is 4.79 Å². The zero-order valence-corrected chi connectivity index (χ0v) is 15.2. The number of oxazole rings is 1. The van der Waals surface area contributed by atoms with E-state index in [4.69, 9.17) is 4.42 Å². The third-order valence-corrected chi connectivity index (χ3v) is 4.76. The molecule has 1 aromatic heterocycles. The maximum Gasteiger partial charge on any atom is 0.420 e. The van der Waals surface area contributed by atoms with Crippen LogP contribution < -0.4 is 21.5 Å². The molecule has 0 aliphatic carbocycles. The summed E-state index contributed by atoms with van der Waals surface area (Å²) in [5.74, 6) is -1.46. The van der Waals surface area contributed by atoms with Gasteiger partial charge >= 0.3 is 5.76 Å². The summed E-state index contributed by atoms with van der Waals surface area (Å²) in [6, 6.07) is 14.8. The number of benzene rings is 2. The molecule has 0 fully saturated rings. The number of hydrogen-bond donors (Lipinski definition) is 2. The molecule has 144 valence electrons. The molecule has 4 rings (SSSR count). The van der Waals surface area contributed by atoms with E-state index >= 15 is 0 Å². The SMILES string of the molecule is O=C(CN1CCCc2ccccc21)NNC(=O)Cn1c(=O)oc2ccccc21. The number of hydrazine groups is 1. The Balaban J connectivity index is 1.34. The molecule has 2 amide bonds. The normalized spacial score (nSPS) is 13.2. The quantitative estimate of drug-likeness (QED) is 0.663. The zero-order valence-electron chi connectivity index (χ0n) is 15.2. The van der Waals surface area contributed by atoms with Crippen molar-refractivity contribution < 1.29 is 14.0 Å². The molecule has 28 heavy (non-hydrogen) atoms. The Bertz CT molecular complexity index is 1080. The van der Waals surface area contributed by atoms with E-state index in [1.165, 1.54) is 10.1 Å². The van der Waals surface area contributed by atoms with E-state index in [-0.39, 0.29) is 19.0 Å². The van der Waals surface area contributed by atoms with Crippen LogP contribution in [0.3, 0.4) is 0 Å². The Labute approximate surface area is 160 Å². The Morgan fingerprint density at radius 3 is 2.54 bits per heavy atom. The lowest BCUT2D eigenvalue weighted by Crippen LogP contribution is -2.48. The molecule has 0 atom stereocenters. The van der Waals surface area contributed by atoms with Gasteiger partial charge in [-0.3, -0.25) is 25.0 Å². The number of hydrogen-bond acceptors (Lipinski definition) is 5. The number of nitrogens with zero attached hydrogens (tertiary/aromatic N) is 2.